The van der Waals surface area contributed by atoms with Crippen molar-refractivity contribution in [3.63, 3.8) is 0 Å². The Bertz CT molecular complexity index is 805. The Hall–Kier alpha value is -1.79. The monoisotopic (exact) mass is 402 g/mol. The van der Waals surface area contributed by atoms with Gasteiger partial charge in [0.05, 0.1) is 13.7 Å². The minimum absolute atomic E-state index is 0.153. The predicted molar refractivity (Wildman–Crippen MR) is 114 cm³/mol. The Balaban J connectivity index is 1.34. The molecule has 5 nitrogen and oxygen atoms in total. The molecular formula is C22H30N2O3S. The van der Waals surface area contributed by atoms with Gasteiger partial charge in [-0.1, -0.05) is 0 Å². The molecule has 0 atom stereocenters. The molecule has 1 amide bonds. The summed E-state index contributed by atoms with van der Waals surface area (Å²) in [4.78, 5) is 16.4. The number of thiophene rings is 1. The highest BCUT2D eigenvalue weighted by molar-refractivity contribution is 7.17. The predicted octanol–water partition coefficient (Wildman–Crippen LogP) is 4.71. The van der Waals surface area contributed by atoms with E-state index in [1.54, 1.807) is 7.11 Å². The number of hydrogen-bond donors (Lipinski definition) is 0. The van der Waals surface area contributed by atoms with Crippen molar-refractivity contribution in [1.82, 2.24) is 9.80 Å². The van der Waals surface area contributed by atoms with Crippen LogP contribution in [-0.4, -0.2) is 61.8 Å². The van der Waals surface area contributed by atoms with E-state index in [0.717, 1.165) is 44.8 Å². The molecule has 2 saturated heterocycles. The van der Waals surface area contributed by atoms with Crippen LogP contribution >= 0.6 is 11.3 Å². The lowest BCUT2D eigenvalue weighted by atomic mass is 9.88. The standard InChI is InChI=1S/C22H30N2O3S/c1-3-27-22(25)24-12-8-17(9-13-24)23-10-6-16(7-11-23)20-15-28-21-5-4-18(26-2)14-19(20)21/h4-5,14-17H,3,6-13H2,1-2H3. The smallest absolute Gasteiger partial charge is 0.409 e. The topological polar surface area (TPSA) is 42.0 Å². The molecular weight excluding hydrogens is 372 g/mol. The zero-order valence-electron chi connectivity index (χ0n) is 16.9. The Morgan fingerprint density at radius 3 is 2.57 bits per heavy atom. The quantitative estimate of drug-likeness (QED) is 0.743. The minimum Gasteiger partial charge on any atom is -0.497 e. The average molecular weight is 403 g/mol. The van der Waals surface area contributed by atoms with Crippen LogP contribution in [0.2, 0.25) is 0 Å². The Labute approximate surface area is 171 Å². The Morgan fingerprint density at radius 2 is 1.89 bits per heavy atom. The summed E-state index contributed by atoms with van der Waals surface area (Å²) in [6, 6.07) is 7.02. The van der Waals surface area contributed by atoms with Crippen LogP contribution in [0.4, 0.5) is 4.79 Å². The largest absolute Gasteiger partial charge is 0.497 e. The lowest BCUT2D eigenvalue weighted by Gasteiger charge is -2.41. The van der Waals surface area contributed by atoms with Crippen LogP contribution in [0.5, 0.6) is 5.75 Å². The molecule has 2 fully saturated rings. The summed E-state index contributed by atoms with van der Waals surface area (Å²) in [6.07, 6.45) is 4.38. The van der Waals surface area contributed by atoms with Gasteiger partial charge in [-0.05, 0) is 86.1 Å². The van der Waals surface area contributed by atoms with E-state index in [0.29, 0.717) is 18.6 Å². The van der Waals surface area contributed by atoms with Gasteiger partial charge in [0.15, 0.2) is 0 Å². The zero-order valence-corrected chi connectivity index (χ0v) is 17.7. The third-order valence-corrected chi connectivity index (χ3v) is 7.27. The summed E-state index contributed by atoms with van der Waals surface area (Å²) in [6.45, 7) is 6.25. The van der Waals surface area contributed by atoms with E-state index in [1.807, 2.05) is 29.2 Å². The van der Waals surface area contributed by atoms with Gasteiger partial charge in [-0.15, -0.1) is 11.3 Å². The Morgan fingerprint density at radius 1 is 1.14 bits per heavy atom. The number of hydrogen-bond acceptors (Lipinski definition) is 5. The number of fused-ring (bicyclic) bond motifs is 1. The lowest BCUT2D eigenvalue weighted by Crippen LogP contribution is -2.48. The fraction of sp³-hybridized carbons (Fsp3) is 0.591. The fourth-order valence-electron chi connectivity index (χ4n) is 4.67. The number of benzene rings is 1. The van der Waals surface area contributed by atoms with Gasteiger partial charge in [0.2, 0.25) is 0 Å². The van der Waals surface area contributed by atoms with Gasteiger partial charge in [0.25, 0.3) is 0 Å². The molecule has 2 aliphatic heterocycles. The van der Waals surface area contributed by atoms with Crippen LogP contribution in [0.3, 0.4) is 0 Å². The third-order valence-electron chi connectivity index (χ3n) is 6.29. The molecule has 0 N–H and O–H groups in total. The molecule has 1 aromatic heterocycles. The summed E-state index contributed by atoms with van der Waals surface area (Å²) >= 11 is 1.84. The molecule has 3 heterocycles. The van der Waals surface area contributed by atoms with Crippen LogP contribution in [0.15, 0.2) is 23.6 Å². The number of methoxy groups -OCH3 is 1. The number of carbonyl (C=O) groups is 1. The van der Waals surface area contributed by atoms with Crippen LogP contribution in [0.1, 0.15) is 44.1 Å². The molecule has 6 heteroatoms. The number of nitrogens with zero attached hydrogens (tertiary/aromatic N) is 2. The van der Waals surface area contributed by atoms with Gasteiger partial charge in [-0.3, -0.25) is 0 Å². The van der Waals surface area contributed by atoms with Gasteiger partial charge in [-0.2, -0.15) is 0 Å². The van der Waals surface area contributed by atoms with Gasteiger partial charge >= 0.3 is 6.09 Å². The molecule has 4 rings (SSSR count). The van der Waals surface area contributed by atoms with Crippen molar-refractivity contribution >= 4 is 27.5 Å². The molecule has 152 valence electrons. The third kappa shape index (κ3) is 3.98. The first kappa shape index (κ1) is 19.5. The van der Waals surface area contributed by atoms with Gasteiger partial charge in [0.1, 0.15) is 5.75 Å². The second-order valence-corrected chi connectivity index (χ2v) is 8.69. The number of piperidine rings is 2. The second kappa shape index (κ2) is 8.70. The normalized spacial score (nSPS) is 19.9. The molecule has 2 aliphatic rings. The molecule has 0 unspecified atom stereocenters. The maximum Gasteiger partial charge on any atom is 0.409 e. The summed E-state index contributed by atoms with van der Waals surface area (Å²) in [5, 5.41) is 3.72. The van der Waals surface area contributed by atoms with Crippen molar-refractivity contribution < 1.29 is 14.3 Å². The molecule has 28 heavy (non-hydrogen) atoms. The van der Waals surface area contributed by atoms with E-state index >= 15 is 0 Å². The summed E-state index contributed by atoms with van der Waals surface area (Å²) in [7, 11) is 1.74. The van der Waals surface area contributed by atoms with Gasteiger partial charge in [0, 0.05) is 23.8 Å². The SMILES string of the molecule is CCOC(=O)N1CCC(N2CCC(c3csc4ccc(OC)cc34)CC2)CC1. The highest BCUT2D eigenvalue weighted by Gasteiger charge is 2.31. The first-order valence-electron chi connectivity index (χ1n) is 10.4. The second-order valence-electron chi connectivity index (χ2n) is 7.78. The minimum atomic E-state index is -0.153. The van der Waals surface area contributed by atoms with E-state index in [1.165, 1.54) is 28.5 Å². The van der Waals surface area contributed by atoms with Crippen LogP contribution < -0.4 is 4.74 Å². The first-order valence-corrected chi connectivity index (χ1v) is 11.3. The number of carbonyl (C=O) groups excluding carboxylic acids is 1. The van der Waals surface area contributed by atoms with E-state index in [-0.39, 0.29) is 6.09 Å². The van der Waals surface area contributed by atoms with E-state index in [9.17, 15) is 4.79 Å². The number of likely N-dealkylation sites (tertiary alicyclic amines) is 2. The molecule has 2 aromatic rings. The first-order chi connectivity index (χ1) is 13.7. The highest BCUT2D eigenvalue weighted by Crippen LogP contribution is 2.39. The Kier molecular flexibility index (Phi) is 6.07. The van der Waals surface area contributed by atoms with Crippen LogP contribution in [-0.2, 0) is 4.74 Å². The lowest BCUT2D eigenvalue weighted by molar-refractivity contribution is 0.0664. The van der Waals surface area contributed by atoms with Gasteiger partial charge in [-0.25, -0.2) is 4.79 Å². The number of amides is 1. The van der Waals surface area contributed by atoms with E-state index in [4.69, 9.17) is 9.47 Å². The molecule has 1 aromatic carbocycles. The van der Waals surface area contributed by atoms with Crippen molar-refractivity contribution in [2.45, 2.75) is 44.6 Å². The number of rotatable bonds is 4. The zero-order chi connectivity index (χ0) is 19.5. The van der Waals surface area contributed by atoms with Crippen LogP contribution in [0, 0.1) is 0 Å². The molecule has 0 bridgehead atoms. The summed E-state index contributed by atoms with van der Waals surface area (Å²) < 4.78 is 11.9. The van der Waals surface area contributed by atoms with Crippen molar-refractivity contribution in [1.29, 1.82) is 0 Å². The average Bonchev–Trinajstić information content (AvgIpc) is 3.17. The van der Waals surface area contributed by atoms with Crippen molar-refractivity contribution in [3.05, 3.63) is 29.1 Å². The maximum atomic E-state index is 11.9. The molecule has 0 spiro atoms. The maximum absolute atomic E-state index is 11.9. The van der Waals surface area contributed by atoms with E-state index < -0.39 is 0 Å². The van der Waals surface area contributed by atoms with E-state index in [2.05, 4.69) is 22.4 Å². The van der Waals surface area contributed by atoms with Crippen molar-refractivity contribution in [2.75, 3.05) is 39.9 Å². The highest BCUT2D eigenvalue weighted by atomic mass is 32.1. The molecule has 0 radical (unpaired) electrons. The summed E-state index contributed by atoms with van der Waals surface area (Å²) in [5.74, 6) is 1.58. The molecule has 0 aliphatic carbocycles. The summed E-state index contributed by atoms with van der Waals surface area (Å²) in [5.41, 5.74) is 1.50. The molecule has 0 saturated carbocycles. The van der Waals surface area contributed by atoms with Crippen molar-refractivity contribution in [3.8, 4) is 5.75 Å². The van der Waals surface area contributed by atoms with Gasteiger partial charge < -0.3 is 19.3 Å². The van der Waals surface area contributed by atoms with Crippen LogP contribution in [0.25, 0.3) is 10.1 Å². The number of ether oxygens (including phenoxy) is 2. The van der Waals surface area contributed by atoms with Crippen molar-refractivity contribution in [2.24, 2.45) is 0 Å². The fourth-order valence-corrected chi connectivity index (χ4v) is 5.70.